The first-order valence-electron chi connectivity index (χ1n) is 13.3. The van der Waals surface area contributed by atoms with Crippen molar-refractivity contribution in [1.29, 1.82) is 5.26 Å². The van der Waals surface area contributed by atoms with Crippen molar-refractivity contribution in [2.45, 2.75) is 38.7 Å². The third-order valence-electron chi connectivity index (χ3n) is 7.98. The molecular formula is C30H33Cl2N5O2. The van der Waals surface area contributed by atoms with Gasteiger partial charge >= 0.3 is 0 Å². The third-order valence-corrected chi connectivity index (χ3v) is 8.41. The number of ether oxygens (including phenoxy) is 2. The molecule has 0 unspecified atom stereocenters. The Morgan fingerprint density at radius 1 is 1.08 bits per heavy atom. The number of hydrogen-bond donors (Lipinski definition) is 1. The Morgan fingerprint density at radius 3 is 2.46 bits per heavy atom. The van der Waals surface area contributed by atoms with Crippen molar-refractivity contribution < 1.29 is 9.47 Å². The molecule has 3 heterocycles. The quantitative estimate of drug-likeness (QED) is 0.332. The smallest absolute Gasteiger partial charge is 0.225 e. The van der Waals surface area contributed by atoms with E-state index in [1.165, 1.54) is 12.8 Å². The van der Waals surface area contributed by atoms with E-state index < -0.39 is 5.41 Å². The molecule has 2 aliphatic rings. The van der Waals surface area contributed by atoms with E-state index in [0.717, 1.165) is 54.7 Å². The van der Waals surface area contributed by atoms with E-state index >= 15 is 0 Å². The highest BCUT2D eigenvalue weighted by atomic mass is 35.5. The molecule has 2 aromatic carbocycles. The average Bonchev–Trinajstić information content (AvgIpc) is 2.94. The van der Waals surface area contributed by atoms with Crippen molar-refractivity contribution in [3.63, 3.8) is 0 Å². The van der Waals surface area contributed by atoms with Crippen molar-refractivity contribution in [3.8, 4) is 17.6 Å². The lowest BCUT2D eigenvalue weighted by molar-refractivity contribution is 0.126. The summed E-state index contributed by atoms with van der Waals surface area (Å²) in [5, 5.41) is 13.5. The molecule has 1 N–H and O–H groups in total. The molecule has 39 heavy (non-hydrogen) atoms. The SMILES string of the molecule is CC(C)(c1ccc(OCc2ccnc(N3CCC4(CC3)CNC4)n2)cc1)c1cc(Cl)c(OCCCl)c(C#N)c1. The zero-order chi connectivity index (χ0) is 27.5. The molecule has 0 radical (unpaired) electrons. The molecule has 0 saturated carbocycles. The van der Waals surface area contributed by atoms with E-state index in [1.807, 2.05) is 48.7 Å². The summed E-state index contributed by atoms with van der Waals surface area (Å²) in [7, 11) is 0. The van der Waals surface area contributed by atoms with Gasteiger partial charge < -0.3 is 19.7 Å². The predicted molar refractivity (Wildman–Crippen MR) is 154 cm³/mol. The zero-order valence-corrected chi connectivity index (χ0v) is 23.9. The molecule has 2 saturated heterocycles. The van der Waals surface area contributed by atoms with E-state index in [4.69, 9.17) is 37.7 Å². The summed E-state index contributed by atoms with van der Waals surface area (Å²) < 4.78 is 11.7. The molecule has 1 spiro atoms. The van der Waals surface area contributed by atoms with Crippen LogP contribution in [0.25, 0.3) is 0 Å². The first kappa shape index (κ1) is 27.5. The van der Waals surface area contributed by atoms with E-state index in [0.29, 0.717) is 34.2 Å². The fourth-order valence-corrected chi connectivity index (χ4v) is 5.60. The topological polar surface area (TPSA) is 83.3 Å². The van der Waals surface area contributed by atoms with Crippen LogP contribution in [-0.2, 0) is 12.0 Å². The van der Waals surface area contributed by atoms with Crippen molar-refractivity contribution in [2.75, 3.05) is 43.6 Å². The van der Waals surface area contributed by atoms with Gasteiger partial charge in [-0.3, -0.25) is 0 Å². The van der Waals surface area contributed by atoms with Crippen LogP contribution in [0.4, 0.5) is 5.95 Å². The number of nitrogens with zero attached hydrogens (tertiary/aromatic N) is 4. The Labute approximate surface area is 240 Å². The van der Waals surface area contributed by atoms with Crippen LogP contribution in [-0.4, -0.2) is 48.6 Å². The fourth-order valence-electron chi connectivity index (χ4n) is 5.25. The Kier molecular flexibility index (Phi) is 8.18. The Morgan fingerprint density at radius 2 is 1.82 bits per heavy atom. The second-order valence-electron chi connectivity index (χ2n) is 10.9. The molecule has 3 aromatic rings. The van der Waals surface area contributed by atoms with Crippen LogP contribution in [0.1, 0.15) is 49.1 Å². The standard InChI is InChI=1S/C30H33Cl2N5O2/c1-29(2,23-15-21(17-33)27(26(32)16-23)38-14-10-31)22-3-5-25(6-4-22)39-18-24-7-11-35-28(36-24)37-12-8-30(9-13-37)19-34-20-30/h3-7,11,15-16,34H,8-10,12-14,18-20H2,1-2H3. The molecule has 1 aromatic heterocycles. The second-order valence-corrected chi connectivity index (χ2v) is 11.6. The van der Waals surface area contributed by atoms with Gasteiger partial charge in [0.15, 0.2) is 5.75 Å². The summed E-state index contributed by atoms with van der Waals surface area (Å²) >= 11 is 12.2. The Balaban J connectivity index is 1.23. The number of rotatable bonds is 9. The first-order chi connectivity index (χ1) is 18.8. The number of piperidine rings is 1. The monoisotopic (exact) mass is 565 g/mol. The van der Waals surface area contributed by atoms with Gasteiger partial charge in [0.05, 0.1) is 22.2 Å². The van der Waals surface area contributed by atoms with E-state index in [1.54, 1.807) is 0 Å². The summed E-state index contributed by atoms with van der Waals surface area (Å²) in [6.45, 7) is 9.11. The summed E-state index contributed by atoms with van der Waals surface area (Å²) in [4.78, 5) is 11.6. The maximum absolute atomic E-state index is 9.66. The number of nitriles is 1. The Hall–Kier alpha value is -3.05. The second kappa shape index (κ2) is 11.6. The summed E-state index contributed by atoms with van der Waals surface area (Å²) in [5.41, 5.74) is 3.32. The van der Waals surface area contributed by atoms with Gasteiger partial charge in [-0.1, -0.05) is 37.6 Å². The van der Waals surface area contributed by atoms with Crippen LogP contribution in [0.3, 0.4) is 0 Å². The van der Waals surface area contributed by atoms with Crippen molar-refractivity contribution in [3.05, 3.63) is 76.1 Å². The molecule has 0 amide bonds. The molecule has 0 bridgehead atoms. The zero-order valence-electron chi connectivity index (χ0n) is 22.3. The van der Waals surface area contributed by atoms with E-state index in [2.05, 4.69) is 35.1 Å². The molecule has 2 fully saturated rings. The van der Waals surface area contributed by atoms with Gasteiger partial charge in [0.1, 0.15) is 25.0 Å². The minimum Gasteiger partial charge on any atom is -0.489 e. The van der Waals surface area contributed by atoms with Crippen LogP contribution >= 0.6 is 23.2 Å². The molecular weight excluding hydrogens is 533 g/mol. The van der Waals surface area contributed by atoms with Crippen LogP contribution in [0, 0.1) is 16.7 Å². The average molecular weight is 567 g/mol. The summed E-state index contributed by atoms with van der Waals surface area (Å²) in [6, 6.07) is 15.8. The van der Waals surface area contributed by atoms with Gasteiger partial charge in [0.2, 0.25) is 5.95 Å². The van der Waals surface area contributed by atoms with Gasteiger partial charge in [-0.25, -0.2) is 9.97 Å². The molecule has 2 aliphatic heterocycles. The van der Waals surface area contributed by atoms with Gasteiger partial charge in [-0.05, 0) is 59.7 Å². The third kappa shape index (κ3) is 5.94. The molecule has 9 heteroatoms. The van der Waals surface area contributed by atoms with Crippen molar-refractivity contribution >= 4 is 29.2 Å². The first-order valence-corrected chi connectivity index (χ1v) is 14.2. The lowest BCUT2D eigenvalue weighted by Crippen LogP contribution is -2.58. The highest BCUT2D eigenvalue weighted by molar-refractivity contribution is 6.32. The maximum atomic E-state index is 9.66. The summed E-state index contributed by atoms with van der Waals surface area (Å²) in [6.07, 6.45) is 4.18. The van der Waals surface area contributed by atoms with E-state index in [9.17, 15) is 5.26 Å². The molecule has 204 valence electrons. The van der Waals surface area contributed by atoms with E-state index in [-0.39, 0.29) is 6.61 Å². The van der Waals surface area contributed by atoms with Crippen molar-refractivity contribution in [2.24, 2.45) is 5.41 Å². The predicted octanol–water partition coefficient (Wildman–Crippen LogP) is 5.71. The number of hydrogen-bond acceptors (Lipinski definition) is 7. The number of halogens is 2. The molecule has 5 rings (SSSR count). The van der Waals surface area contributed by atoms with Gasteiger partial charge in [0.25, 0.3) is 0 Å². The Bertz CT molecular complexity index is 1340. The van der Waals surface area contributed by atoms with Gasteiger partial charge in [0, 0.05) is 37.8 Å². The molecule has 0 atom stereocenters. The number of benzene rings is 2. The number of anilines is 1. The van der Waals surface area contributed by atoms with Crippen LogP contribution < -0.4 is 19.7 Å². The lowest BCUT2D eigenvalue weighted by atomic mass is 9.73. The minimum atomic E-state index is -0.400. The number of alkyl halides is 1. The fraction of sp³-hybridized carbons (Fsp3) is 0.433. The lowest BCUT2D eigenvalue weighted by Gasteiger charge is -2.48. The van der Waals surface area contributed by atoms with Crippen LogP contribution in [0.2, 0.25) is 5.02 Å². The number of nitrogens with one attached hydrogen (secondary N) is 1. The highest BCUT2D eigenvalue weighted by Crippen LogP contribution is 2.39. The number of aromatic nitrogens is 2. The van der Waals surface area contributed by atoms with Crippen LogP contribution in [0.15, 0.2) is 48.7 Å². The maximum Gasteiger partial charge on any atom is 0.225 e. The molecule has 0 aliphatic carbocycles. The highest BCUT2D eigenvalue weighted by Gasteiger charge is 2.40. The van der Waals surface area contributed by atoms with Gasteiger partial charge in [-0.2, -0.15) is 5.26 Å². The van der Waals surface area contributed by atoms with Crippen molar-refractivity contribution in [1.82, 2.24) is 15.3 Å². The van der Waals surface area contributed by atoms with Gasteiger partial charge in [-0.15, -0.1) is 11.6 Å². The normalized spacial score (nSPS) is 16.4. The largest absolute Gasteiger partial charge is 0.489 e. The summed E-state index contributed by atoms with van der Waals surface area (Å²) in [5.74, 6) is 2.23. The minimum absolute atomic E-state index is 0.285. The molecule has 7 nitrogen and oxygen atoms in total. The van der Waals surface area contributed by atoms with Crippen LogP contribution in [0.5, 0.6) is 11.5 Å².